The summed E-state index contributed by atoms with van der Waals surface area (Å²) >= 11 is 0. The van der Waals surface area contributed by atoms with Gasteiger partial charge in [0.05, 0.1) is 16.4 Å². The van der Waals surface area contributed by atoms with E-state index in [-0.39, 0.29) is 16.6 Å². The fourth-order valence-corrected chi connectivity index (χ4v) is 3.03. The molecule has 5 nitrogen and oxygen atoms in total. The summed E-state index contributed by atoms with van der Waals surface area (Å²) in [6, 6.07) is 16.4. The molecule has 4 aromatic rings. The fourth-order valence-electron chi connectivity index (χ4n) is 3.03. The van der Waals surface area contributed by atoms with Gasteiger partial charge in [0.1, 0.15) is 5.56 Å². The van der Waals surface area contributed by atoms with Gasteiger partial charge in [0.2, 0.25) is 0 Å². The molecule has 0 atom stereocenters. The highest BCUT2D eigenvalue weighted by molar-refractivity contribution is 6.04. The lowest BCUT2D eigenvalue weighted by Gasteiger charge is -2.11. The Morgan fingerprint density at radius 1 is 1.04 bits per heavy atom. The van der Waals surface area contributed by atoms with Crippen LogP contribution in [0, 0.1) is 6.92 Å². The van der Waals surface area contributed by atoms with Crippen LogP contribution in [0.4, 0.5) is 0 Å². The van der Waals surface area contributed by atoms with Crippen LogP contribution in [0.2, 0.25) is 0 Å². The van der Waals surface area contributed by atoms with Crippen molar-refractivity contribution in [3.8, 4) is 5.69 Å². The van der Waals surface area contributed by atoms with Crippen molar-refractivity contribution in [2.45, 2.75) is 6.92 Å². The maximum Gasteiger partial charge on any atom is 0.339 e. The third-order valence-corrected chi connectivity index (χ3v) is 4.27. The van der Waals surface area contributed by atoms with Crippen molar-refractivity contribution in [3.05, 3.63) is 82.3 Å². The molecule has 0 bridgehead atoms. The smallest absolute Gasteiger partial charge is 0.339 e. The molecule has 0 aliphatic rings. The Kier molecular flexibility index (Phi) is 3.35. The molecule has 0 aliphatic carbocycles. The van der Waals surface area contributed by atoms with Crippen LogP contribution in [-0.4, -0.2) is 20.6 Å². The van der Waals surface area contributed by atoms with Crippen molar-refractivity contribution in [1.29, 1.82) is 0 Å². The topological polar surface area (TPSA) is 72.2 Å². The van der Waals surface area contributed by atoms with Gasteiger partial charge in [-0.05, 0) is 30.7 Å². The van der Waals surface area contributed by atoms with E-state index in [1.807, 2.05) is 31.2 Å². The molecule has 0 unspecified atom stereocenters. The first-order valence-corrected chi connectivity index (χ1v) is 7.81. The largest absolute Gasteiger partial charge is 0.478 e. The quantitative estimate of drug-likeness (QED) is 0.571. The molecular weight excluding hydrogens is 316 g/mol. The second kappa shape index (κ2) is 5.56. The van der Waals surface area contributed by atoms with Crippen LogP contribution in [0.3, 0.4) is 0 Å². The Bertz CT molecular complexity index is 1190. The highest BCUT2D eigenvalue weighted by Gasteiger charge is 2.17. The lowest BCUT2D eigenvalue weighted by Crippen LogP contribution is -2.21. The lowest BCUT2D eigenvalue weighted by molar-refractivity contribution is 0.0698. The lowest BCUT2D eigenvalue weighted by atomic mass is 10.1. The molecule has 25 heavy (non-hydrogen) atoms. The van der Waals surface area contributed by atoms with Crippen LogP contribution in [0.1, 0.15) is 15.9 Å². The minimum atomic E-state index is -1.12. The van der Waals surface area contributed by atoms with Crippen molar-refractivity contribution in [3.63, 3.8) is 0 Å². The first-order valence-electron chi connectivity index (χ1n) is 7.81. The number of aromatic nitrogens is 2. The first kappa shape index (κ1) is 15.1. The summed E-state index contributed by atoms with van der Waals surface area (Å²) in [5, 5.41) is 10.7. The van der Waals surface area contributed by atoms with Crippen molar-refractivity contribution in [2.75, 3.05) is 0 Å². The number of nitrogens with zero attached hydrogens (tertiary/aromatic N) is 2. The molecule has 0 amide bonds. The highest BCUT2D eigenvalue weighted by Crippen LogP contribution is 2.23. The molecule has 0 aliphatic heterocycles. The monoisotopic (exact) mass is 330 g/mol. The third-order valence-electron chi connectivity index (χ3n) is 4.27. The number of fused-ring (bicyclic) bond motifs is 2. The average molecular weight is 330 g/mol. The van der Waals surface area contributed by atoms with Crippen molar-refractivity contribution < 1.29 is 9.90 Å². The molecule has 0 spiro atoms. The molecule has 1 N–H and O–H groups in total. The Balaban J connectivity index is 2.18. The van der Waals surface area contributed by atoms with E-state index in [1.54, 1.807) is 30.3 Å². The molecule has 5 heteroatoms. The Labute approximate surface area is 142 Å². The van der Waals surface area contributed by atoms with E-state index in [4.69, 9.17) is 0 Å². The molecule has 0 saturated carbocycles. The summed E-state index contributed by atoms with van der Waals surface area (Å²) < 4.78 is 1.36. The van der Waals surface area contributed by atoms with E-state index in [2.05, 4.69) is 4.98 Å². The average Bonchev–Trinajstić information content (AvgIpc) is 2.62. The number of carboxylic acids is 1. The number of carboxylic acid groups (broad SMARTS) is 1. The van der Waals surface area contributed by atoms with Crippen LogP contribution in [0.25, 0.3) is 27.5 Å². The number of hydrogen-bond donors (Lipinski definition) is 1. The predicted molar refractivity (Wildman–Crippen MR) is 96.5 cm³/mol. The summed E-state index contributed by atoms with van der Waals surface area (Å²) in [6.07, 6.45) is 1.35. The van der Waals surface area contributed by atoms with Crippen molar-refractivity contribution in [1.82, 2.24) is 9.55 Å². The van der Waals surface area contributed by atoms with Gasteiger partial charge >= 0.3 is 5.97 Å². The summed E-state index contributed by atoms with van der Waals surface area (Å²) in [5.41, 5.74) is 2.18. The number of carbonyl (C=O) groups is 1. The Hall–Kier alpha value is -3.47. The van der Waals surface area contributed by atoms with Gasteiger partial charge in [-0.3, -0.25) is 9.36 Å². The zero-order chi connectivity index (χ0) is 17.6. The number of rotatable bonds is 2. The standard InChI is InChI=1S/C20H14N2O3/c1-12-6-5-7-13-10-15-18(21-17(12)13)16(20(24)25)11-22(19(15)23)14-8-3-2-4-9-14/h2-11H,1H3,(H,24,25). The van der Waals surface area contributed by atoms with Crippen molar-refractivity contribution in [2.24, 2.45) is 0 Å². The van der Waals surface area contributed by atoms with E-state index in [1.165, 1.54) is 10.8 Å². The molecule has 2 aromatic carbocycles. The fraction of sp³-hybridized carbons (Fsp3) is 0.0500. The molecule has 0 fully saturated rings. The van der Waals surface area contributed by atoms with Gasteiger partial charge in [0, 0.05) is 17.3 Å². The number of pyridine rings is 2. The summed E-state index contributed by atoms with van der Waals surface area (Å²) in [7, 11) is 0. The number of aromatic carboxylic acids is 1. The van der Waals surface area contributed by atoms with Crippen LogP contribution in [0.15, 0.2) is 65.6 Å². The van der Waals surface area contributed by atoms with Gasteiger partial charge in [0.25, 0.3) is 5.56 Å². The Morgan fingerprint density at radius 3 is 2.52 bits per heavy atom. The van der Waals surface area contributed by atoms with E-state index in [9.17, 15) is 14.7 Å². The van der Waals surface area contributed by atoms with E-state index in [0.717, 1.165) is 10.9 Å². The van der Waals surface area contributed by atoms with Crippen LogP contribution in [-0.2, 0) is 0 Å². The van der Waals surface area contributed by atoms with Gasteiger partial charge in [-0.15, -0.1) is 0 Å². The maximum atomic E-state index is 13.0. The third kappa shape index (κ3) is 2.37. The molecule has 0 radical (unpaired) electrons. The van der Waals surface area contributed by atoms with Crippen molar-refractivity contribution >= 4 is 27.8 Å². The van der Waals surface area contributed by atoms with Crippen LogP contribution in [0.5, 0.6) is 0 Å². The molecular formula is C20H14N2O3. The second-order valence-corrected chi connectivity index (χ2v) is 5.89. The Morgan fingerprint density at radius 2 is 1.80 bits per heavy atom. The normalized spacial score (nSPS) is 11.1. The molecule has 122 valence electrons. The molecule has 0 saturated heterocycles. The zero-order valence-corrected chi connectivity index (χ0v) is 13.4. The van der Waals surface area contributed by atoms with E-state index in [0.29, 0.717) is 16.6 Å². The van der Waals surface area contributed by atoms with Gasteiger partial charge in [-0.25, -0.2) is 9.78 Å². The van der Waals surface area contributed by atoms with Crippen LogP contribution < -0.4 is 5.56 Å². The minimum Gasteiger partial charge on any atom is -0.478 e. The van der Waals surface area contributed by atoms with Gasteiger partial charge in [0.15, 0.2) is 0 Å². The van der Waals surface area contributed by atoms with E-state index >= 15 is 0 Å². The van der Waals surface area contributed by atoms with Gasteiger partial charge < -0.3 is 5.11 Å². The van der Waals surface area contributed by atoms with Gasteiger partial charge in [-0.2, -0.15) is 0 Å². The van der Waals surface area contributed by atoms with Crippen LogP contribution >= 0.6 is 0 Å². The highest BCUT2D eigenvalue weighted by atomic mass is 16.4. The maximum absolute atomic E-state index is 13.0. The predicted octanol–water partition coefficient (Wildman–Crippen LogP) is 3.55. The number of hydrogen-bond acceptors (Lipinski definition) is 3. The second-order valence-electron chi connectivity index (χ2n) is 5.89. The molecule has 4 rings (SSSR count). The summed E-state index contributed by atoms with van der Waals surface area (Å²) in [6.45, 7) is 1.91. The summed E-state index contributed by atoms with van der Waals surface area (Å²) in [5.74, 6) is -1.12. The number of aryl methyl sites for hydroxylation is 1. The number of para-hydroxylation sites is 2. The number of benzene rings is 2. The van der Waals surface area contributed by atoms with E-state index < -0.39 is 5.97 Å². The molecule has 2 aromatic heterocycles. The SMILES string of the molecule is Cc1cccc2cc3c(=O)n(-c4ccccc4)cc(C(=O)O)c3nc12. The van der Waals surface area contributed by atoms with Gasteiger partial charge in [-0.1, -0.05) is 36.4 Å². The zero-order valence-electron chi connectivity index (χ0n) is 13.4. The molecule has 2 heterocycles. The summed E-state index contributed by atoms with van der Waals surface area (Å²) in [4.78, 5) is 29.2. The minimum absolute atomic E-state index is 0.00334. The first-order chi connectivity index (χ1) is 12.1.